The van der Waals surface area contributed by atoms with Crippen molar-refractivity contribution in [1.29, 1.82) is 0 Å². The number of benzene rings is 2. The first kappa shape index (κ1) is 21.1. The van der Waals surface area contributed by atoms with Crippen molar-refractivity contribution in [2.24, 2.45) is 0 Å². The zero-order valence-corrected chi connectivity index (χ0v) is 17.3. The molecule has 7 heteroatoms. The Kier molecular flexibility index (Phi) is 6.20. The first-order chi connectivity index (χ1) is 14.4. The number of ether oxygens (including phenoxy) is 2. The summed E-state index contributed by atoms with van der Waals surface area (Å²) in [5, 5.41) is 0. The van der Waals surface area contributed by atoms with E-state index in [1.165, 1.54) is 25.2 Å². The van der Waals surface area contributed by atoms with Gasteiger partial charge in [-0.2, -0.15) is 0 Å². The van der Waals surface area contributed by atoms with Gasteiger partial charge < -0.3 is 14.4 Å². The van der Waals surface area contributed by atoms with Gasteiger partial charge in [0.2, 0.25) is 5.91 Å². The van der Waals surface area contributed by atoms with Crippen molar-refractivity contribution in [3.8, 4) is 11.5 Å². The number of anilines is 1. The molecule has 1 heterocycles. The molecule has 2 aromatic carbocycles. The van der Waals surface area contributed by atoms with Crippen LogP contribution in [0.5, 0.6) is 11.5 Å². The van der Waals surface area contributed by atoms with E-state index in [1.54, 1.807) is 30.3 Å². The van der Waals surface area contributed by atoms with Gasteiger partial charge in [0.25, 0.3) is 11.8 Å². The van der Waals surface area contributed by atoms with Gasteiger partial charge in [0.05, 0.1) is 26.3 Å². The molecule has 0 saturated carbocycles. The molecule has 0 spiro atoms. The van der Waals surface area contributed by atoms with Gasteiger partial charge in [-0.15, -0.1) is 6.58 Å². The fourth-order valence-electron chi connectivity index (χ4n) is 3.45. The summed E-state index contributed by atoms with van der Waals surface area (Å²) in [6.07, 6.45) is 1.45. The third-order valence-electron chi connectivity index (χ3n) is 5.01. The Balaban J connectivity index is 1.91. The van der Waals surface area contributed by atoms with Gasteiger partial charge in [-0.1, -0.05) is 23.8 Å². The van der Waals surface area contributed by atoms with Crippen LogP contribution in [0.15, 0.2) is 55.1 Å². The lowest BCUT2D eigenvalue weighted by Crippen LogP contribution is -2.45. The number of rotatable bonds is 7. The maximum atomic E-state index is 13.2. The SMILES string of the molecule is C=CCN(C(=O)c1ccc(OC)c(OC)c1)C1CC(=O)N(c2ccc(C)cc2)C1=O. The number of aryl methyl sites for hydroxylation is 1. The maximum Gasteiger partial charge on any atom is 0.257 e. The van der Waals surface area contributed by atoms with Crippen LogP contribution in [0.25, 0.3) is 0 Å². The molecule has 3 rings (SSSR count). The Labute approximate surface area is 175 Å². The lowest BCUT2D eigenvalue weighted by atomic mass is 10.1. The molecule has 0 aliphatic carbocycles. The fourth-order valence-corrected chi connectivity index (χ4v) is 3.45. The van der Waals surface area contributed by atoms with Gasteiger partial charge >= 0.3 is 0 Å². The third-order valence-corrected chi connectivity index (χ3v) is 5.01. The largest absolute Gasteiger partial charge is 0.493 e. The Morgan fingerprint density at radius 2 is 1.80 bits per heavy atom. The number of imide groups is 1. The van der Waals surface area contributed by atoms with E-state index in [2.05, 4.69) is 6.58 Å². The summed E-state index contributed by atoms with van der Waals surface area (Å²) in [7, 11) is 2.98. The van der Waals surface area contributed by atoms with Crippen molar-refractivity contribution in [2.75, 3.05) is 25.7 Å². The van der Waals surface area contributed by atoms with Gasteiger partial charge in [0.15, 0.2) is 11.5 Å². The minimum atomic E-state index is -0.905. The molecule has 1 fully saturated rings. The molecule has 1 saturated heterocycles. The monoisotopic (exact) mass is 408 g/mol. The minimum absolute atomic E-state index is 0.0838. The molecule has 2 aromatic rings. The van der Waals surface area contributed by atoms with Crippen molar-refractivity contribution in [2.45, 2.75) is 19.4 Å². The van der Waals surface area contributed by atoms with E-state index >= 15 is 0 Å². The lowest BCUT2D eigenvalue weighted by molar-refractivity contribution is -0.122. The van der Waals surface area contributed by atoms with Gasteiger partial charge in [0, 0.05) is 12.1 Å². The number of nitrogens with zero attached hydrogens (tertiary/aromatic N) is 2. The van der Waals surface area contributed by atoms with Gasteiger partial charge in [-0.25, -0.2) is 4.90 Å². The molecule has 156 valence electrons. The molecule has 1 aliphatic rings. The van der Waals surface area contributed by atoms with E-state index in [-0.39, 0.29) is 18.9 Å². The maximum absolute atomic E-state index is 13.2. The van der Waals surface area contributed by atoms with Crippen LogP contribution in [0.4, 0.5) is 5.69 Å². The van der Waals surface area contributed by atoms with Crippen LogP contribution in [0.2, 0.25) is 0 Å². The molecular weight excluding hydrogens is 384 g/mol. The third kappa shape index (κ3) is 3.91. The van der Waals surface area contributed by atoms with Crippen LogP contribution in [0.3, 0.4) is 0 Å². The summed E-state index contributed by atoms with van der Waals surface area (Å²) in [5.74, 6) is -0.283. The van der Waals surface area contributed by atoms with Crippen molar-refractivity contribution in [3.05, 3.63) is 66.2 Å². The van der Waals surface area contributed by atoms with E-state index in [0.717, 1.165) is 10.5 Å². The Morgan fingerprint density at radius 3 is 2.40 bits per heavy atom. The Hall–Kier alpha value is -3.61. The molecule has 3 amide bonds. The molecule has 7 nitrogen and oxygen atoms in total. The zero-order valence-electron chi connectivity index (χ0n) is 17.3. The molecule has 1 aliphatic heterocycles. The lowest BCUT2D eigenvalue weighted by Gasteiger charge is -2.26. The minimum Gasteiger partial charge on any atom is -0.493 e. The first-order valence-corrected chi connectivity index (χ1v) is 9.48. The average molecular weight is 408 g/mol. The highest BCUT2D eigenvalue weighted by Crippen LogP contribution is 2.30. The molecule has 1 unspecified atom stereocenters. The number of hydrogen-bond donors (Lipinski definition) is 0. The van der Waals surface area contributed by atoms with Crippen molar-refractivity contribution in [3.63, 3.8) is 0 Å². The highest BCUT2D eigenvalue weighted by Gasteiger charge is 2.44. The number of carbonyl (C=O) groups is 3. The molecule has 0 aromatic heterocycles. The molecular formula is C23H24N2O5. The van der Waals surface area contributed by atoms with Crippen LogP contribution < -0.4 is 14.4 Å². The predicted octanol–water partition coefficient (Wildman–Crippen LogP) is 2.97. The second kappa shape index (κ2) is 8.82. The van der Waals surface area contributed by atoms with Gasteiger partial charge in [-0.3, -0.25) is 14.4 Å². The summed E-state index contributed by atoms with van der Waals surface area (Å²) >= 11 is 0. The number of carbonyl (C=O) groups excluding carboxylic acids is 3. The van der Waals surface area contributed by atoms with Crippen LogP contribution >= 0.6 is 0 Å². The topological polar surface area (TPSA) is 76.2 Å². The van der Waals surface area contributed by atoms with E-state index < -0.39 is 17.9 Å². The molecule has 1 atom stereocenters. The smallest absolute Gasteiger partial charge is 0.257 e. The fraction of sp³-hybridized carbons (Fsp3) is 0.261. The Bertz CT molecular complexity index is 984. The quantitative estimate of drug-likeness (QED) is 0.520. The van der Waals surface area contributed by atoms with Gasteiger partial charge in [0.1, 0.15) is 6.04 Å². The zero-order chi connectivity index (χ0) is 21.8. The Morgan fingerprint density at radius 1 is 1.13 bits per heavy atom. The number of methoxy groups -OCH3 is 2. The molecule has 0 radical (unpaired) electrons. The summed E-state index contributed by atoms with van der Waals surface area (Å²) in [6.45, 7) is 5.74. The van der Waals surface area contributed by atoms with Crippen molar-refractivity contribution in [1.82, 2.24) is 4.90 Å². The van der Waals surface area contributed by atoms with E-state index in [1.807, 2.05) is 19.1 Å². The summed E-state index contributed by atoms with van der Waals surface area (Å²) in [5.41, 5.74) is 1.84. The second-order valence-electron chi connectivity index (χ2n) is 6.94. The second-order valence-corrected chi connectivity index (χ2v) is 6.94. The van der Waals surface area contributed by atoms with Gasteiger partial charge in [-0.05, 0) is 37.3 Å². The highest BCUT2D eigenvalue weighted by atomic mass is 16.5. The normalized spacial score (nSPS) is 15.8. The molecule has 0 bridgehead atoms. The van der Waals surface area contributed by atoms with Crippen LogP contribution in [-0.2, 0) is 9.59 Å². The summed E-state index contributed by atoms with van der Waals surface area (Å²) < 4.78 is 10.5. The van der Waals surface area contributed by atoms with E-state index in [9.17, 15) is 14.4 Å². The summed E-state index contributed by atoms with van der Waals surface area (Å²) in [4.78, 5) is 41.5. The van der Waals surface area contributed by atoms with Crippen molar-refractivity contribution >= 4 is 23.4 Å². The average Bonchev–Trinajstić information content (AvgIpc) is 3.05. The van der Waals surface area contributed by atoms with Crippen molar-refractivity contribution < 1.29 is 23.9 Å². The van der Waals surface area contributed by atoms with Crippen LogP contribution in [0.1, 0.15) is 22.3 Å². The molecule has 0 N–H and O–H groups in total. The standard InChI is InChI=1S/C23H24N2O5/c1-5-12-24(22(27)16-8-11-19(29-3)20(13-16)30-4)18-14-21(26)25(23(18)28)17-9-6-15(2)7-10-17/h5-11,13,18H,1,12,14H2,2-4H3. The molecule has 30 heavy (non-hydrogen) atoms. The highest BCUT2D eigenvalue weighted by molar-refractivity contribution is 6.23. The van der Waals surface area contributed by atoms with E-state index in [4.69, 9.17) is 9.47 Å². The first-order valence-electron chi connectivity index (χ1n) is 9.48. The van der Waals surface area contributed by atoms with Crippen LogP contribution in [-0.4, -0.2) is 49.4 Å². The van der Waals surface area contributed by atoms with E-state index in [0.29, 0.717) is 22.7 Å². The number of hydrogen-bond acceptors (Lipinski definition) is 5. The number of amides is 3. The predicted molar refractivity (Wildman–Crippen MR) is 113 cm³/mol. The summed E-state index contributed by atoms with van der Waals surface area (Å²) in [6, 6.07) is 11.0. The van der Waals surface area contributed by atoms with Crippen LogP contribution in [0, 0.1) is 6.92 Å².